The van der Waals surface area contributed by atoms with Crippen LogP contribution in [0, 0.1) is 82.2 Å². The number of rotatable bonds is 10. The smallest absolute Gasteiger partial charge is 0.326 e. The number of ketones is 1. The number of halogens is 1. The number of carbonyl (C=O) groups is 5. The molecule has 1 aliphatic rings. The van der Waals surface area contributed by atoms with E-state index in [-0.39, 0.29) is 29.5 Å². The van der Waals surface area contributed by atoms with Crippen molar-refractivity contribution in [3.05, 3.63) is 59.1 Å². The molecule has 2 aromatic rings. The predicted octanol–water partition coefficient (Wildman–Crippen LogP) is 3.32. The average molecular weight is 735 g/mol. The second-order valence-corrected chi connectivity index (χ2v) is 14.3. The summed E-state index contributed by atoms with van der Waals surface area (Å²) in [6.45, 7) is 5.79. The summed E-state index contributed by atoms with van der Waals surface area (Å²) in [5.41, 5.74) is -0.305. The molecule has 0 saturated carbocycles. The van der Waals surface area contributed by atoms with Crippen LogP contribution in [0.4, 0.5) is 16.2 Å². The fraction of sp³-hybridized carbons (Fsp3) is 0.256. The molecule has 1 saturated heterocycles. The lowest BCUT2D eigenvalue weighted by atomic mass is 9.85. The number of hydrogen-bond acceptors (Lipinski definition) is 7. The minimum atomic E-state index is -4.04. The number of carbonyl (C=O) groups excluding carboxylic acids is 5. The molecule has 2 aromatic carbocycles. The Morgan fingerprint density at radius 1 is 0.885 bits per heavy atom. The molecular weight excluding hydrogens is 704 g/mol. The van der Waals surface area contributed by atoms with Crippen LogP contribution in [0.1, 0.15) is 33.3 Å². The first-order chi connectivity index (χ1) is 24.5. The Kier molecular flexibility index (Phi) is 13.9. The van der Waals surface area contributed by atoms with Crippen LogP contribution < -0.4 is 10.6 Å². The standard InChI is InChI=1S/C39H31ClN4O7S/c1-6-7-8-9-10-11-12-13-14-18-23-52(50,51)27-28(2)36(47)41-30-21-22-31(40)32(24-30)42-37(48)34(35(46)39(3,4)5)44-33(45)26-43(38(44)49)25-29-19-16-15-17-20-29/h1,15-17,19-22,24,28,34H,25-27H2,2-5H3,(H,41,47)(H,42,48). The highest BCUT2D eigenvalue weighted by Crippen LogP contribution is 2.29. The molecule has 1 fully saturated rings. The van der Waals surface area contributed by atoms with Gasteiger partial charge in [0.25, 0.3) is 11.8 Å². The Bertz CT molecular complexity index is 2270. The van der Waals surface area contributed by atoms with Crippen molar-refractivity contribution in [2.75, 3.05) is 22.9 Å². The molecule has 52 heavy (non-hydrogen) atoms. The minimum absolute atomic E-state index is 0.0133. The highest BCUT2D eigenvalue weighted by atomic mass is 35.5. The lowest BCUT2D eigenvalue weighted by Gasteiger charge is -2.29. The van der Waals surface area contributed by atoms with E-state index in [1.54, 1.807) is 51.1 Å². The van der Waals surface area contributed by atoms with Crippen molar-refractivity contribution in [1.82, 2.24) is 9.80 Å². The monoisotopic (exact) mass is 734 g/mol. The van der Waals surface area contributed by atoms with Gasteiger partial charge in [0.1, 0.15) is 6.54 Å². The molecular formula is C39H31ClN4O7S. The van der Waals surface area contributed by atoms with Gasteiger partial charge >= 0.3 is 6.03 Å². The maximum absolute atomic E-state index is 13.7. The summed E-state index contributed by atoms with van der Waals surface area (Å²) in [6.07, 6.45) is 4.95. The van der Waals surface area contributed by atoms with Crippen molar-refractivity contribution >= 4 is 62.3 Å². The van der Waals surface area contributed by atoms with E-state index in [1.165, 1.54) is 30.0 Å². The van der Waals surface area contributed by atoms with Gasteiger partial charge in [0, 0.05) is 34.7 Å². The van der Waals surface area contributed by atoms with Crippen LogP contribution in [0.15, 0.2) is 48.5 Å². The molecule has 2 N–H and O–H groups in total. The first kappa shape index (κ1) is 40.0. The third-order valence-electron chi connectivity index (χ3n) is 6.97. The lowest BCUT2D eigenvalue weighted by Crippen LogP contribution is -2.55. The number of Topliss-reactive ketones (excluding diaryl/α,β-unsaturated/α-hetero) is 1. The summed E-state index contributed by atoms with van der Waals surface area (Å²) in [5.74, 6) is 18.1. The first-order valence-electron chi connectivity index (χ1n) is 15.3. The molecule has 262 valence electrons. The Morgan fingerprint density at radius 3 is 2.08 bits per heavy atom. The molecule has 2 atom stereocenters. The summed E-state index contributed by atoms with van der Waals surface area (Å²) in [4.78, 5) is 68.8. The molecule has 13 heteroatoms. The Morgan fingerprint density at radius 2 is 1.48 bits per heavy atom. The predicted molar refractivity (Wildman–Crippen MR) is 197 cm³/mol. The zero-order valence-corrected chi connectivity index (χ0v) is 30.1. The number of sulfone groups is 1. The van der Waals surface area contributed by atoms with Crippen molar-refractivity contribution in [3.8, 4) is 70.9 Å². The number of imide groups is 1. The Labute approximate surface area is 308 Å². The van der Waals surface area contributed by atoms with Crippen molar-refractivity contribution in [3.63, 3.8) is 0 Å². The molecule has 0 bridgehead atoms. The van der Waals surface area contributed by atoms with Gasteiger partial charge in [-0.15, -0.1) is 6.42 Å². The van der Waals surface area contributed by atoms with Crippen LogP contribution in [0.5, 0.6) is 0 Å². The highest BCUT2D eigenvalue weighted by molar-refractivity contribution is 7.96. The number of nitrogens with one attached hydrogen (secondary N) is 2. The number of terminal acetylenes is 1. The van der Waals surface area contributed by atoms with Gasteiger partial charge in [-0.3, -0.25) is 19.2 Å². The molecule has 0 aliphatic carbocycles. The van der Waals surface area contributed by atoms with Crippen molar-refractivity contribution < 1.29 is 32.4 Å². The van der Waals surface area contributed by atoms with E-state index < -0.39 is 62.5 Å². The van der Waals surface area contributed by atoms with Crippen molar-refractivity contribution in [1.29, 1.82) is 0 Å². The molecule has 1 heterocycles. The fourth-order valence-corrected chi connectivity index (χ4v) is 5.75. The number of anilines is 2. The maximum atomic E-state index is 13.7. The molecule has 2 unspecified atom stereocenters. The second kappa shape index (κ2) is 18.0. The molecule has 3 rings (SSSR count). The van der Waals surface area contributed by atoms with Crippen LogP contribution in [0.2, 0.25) is 5.02 Å². The zero-order chi connectivity index (χ0) is 38.5. The van der Waals surface area contributed by atoms with Crippen LogP contribution in [0.25, 0.3) is 0 Å². The van der Waals surface area contributed by atoms with Crippen LogP contribution in [-0.4, -0.2) is 66.1 Å². The summed E-state index contributed by atoms with van der Waals surface area (Å²) >= 11 is 6.34. The van der Waals surface area contributed by atoms with Crippen molar-refractivity contribution in [2.45, 2.75) is 40.3 Å². The van der Waals surface area contributed by atoms with Crippen LogP contribution in [-0.2, 0) is 35.6 Å². The number of benzene rings is 2. The number of amides is 5. The average Bonchev–Trinajstić information content (AvgIpc) is 3.34. The molecule has 1 aliphatic heterocycles. The van der Waals surface area contributed by atoms with E-state index in [1.807, 2.05) is 5.25 Å². The Balaban J connectivity index is 1.74. The summed E-state index contributed by atoms with van der Waals surface area (Å²) in [7, 11) is -4.04. The topological polar surface area (TPSA) is 150 Å². The Hall–Kier alpha value is -6.41. The van der Waals surface area contributed by atoms with E-state index in [0.717, 1.165) is 5.56 Å². The lowest BCUT2D eigenvalue weighted by molar-refractivity contribution is -0.143. The van der Waals surface area contributed by atoms with Gasteiger partial charge in [0.15, 0.2) is 11.8 Å². The van der Waals surface area contributed by atoms with E-state index in [2.05, 4.69) is 69.8 Å². The molecule has 0 aromatic heterocycles. The zero-order valence-electron chi connectivity index (χ0n) is 28.5. The fourth-order valence-electron chi connectivity index (χ4n) is 4.48. The number of urea groups is 1. The molecule has 0 radical (unpaired) electrons. The third-order valence-corrected chi connectivity index (χ3v) is 8.65. The maximum Gasteiger partial charge on any atom is 0.328 e. The largest absolute Gasteiger partial charge is 0.328 e. The summed E-state index contributed by atoms with van der Waals surface area (Å²) < 4.78 is 24.9. The minimum Gasteiger partial charge on any atom is -0.326 e. The van der Waals surface area contributed by atoms with E-state index >= 15 is 0 Å². The van der Waals surface area contributed by atoms with Gasteiger partial charge < -0.3 is 15.5 Å². The SMILES string of the molecule is C#CC#CC#CC#CC#CC#CS(=O)(=O)CC(C)C(=O)Nc1ccc(Cl)c(NC(=O)C(C(=O)C(C)(C)C)N2C(=O)CN(Cc3ccccc3)C2=O)c1. The van der Waals surface area contributed by atoms with Crippen LogP contribution in [0.3, 0.4) is 0 Å². The summed E-state index contributed by atoms with van der Waals surface area (Å²) in [6, 6.07) is 10.3. The van der Waals surface area contributed by atoms with Gasteiger partial charge in [0.05, 0.1) is 22.4 Å². The third kappa shape index (κ3) is 11.6. The van der Waals surface area contributed by atoms with Crippen molar-refractivity contribution in [2.24, 2.45) is 11.3 Å². The second-order valence-electron chi connectivity index (χ2n) is 12.1. The van der Waals surface area contributed by atoms with E-state index in [4.69, 9.17) is 18.0 Å². The highest BCUT2D eigenvalue weighted by Gasteiger charge is 2.49. The van der Waals surface area contributed by atoms with E-state index in [9.17, 15) is 32.4 Å². The summed E-state index contributed by atoms with van der Waals surface area (Å²) in [5, 5.41) is 7.10. The normalized spacial score (nSPS) is 13.0. The number of hydrogen-bond donors (Lipinski definition) is 2. The number of nitrogens with zero attached hydrogens (tertiary/aromatic N) is 2. The van der Waals surface area contributed by atoms with Crippen LogP contribution >= 0.6 is 11.6 Å². The van der Waals surface area contributed by atoms with Gasteiger partial charge in [0.2, 0.25) is 15.7 Å². The first-order valence-corrected chi connectivity index (χ1v) is 17.4. The van der Waals surface area contributed by atoms with Gasteiger partial charge in [-0.2, -0.15) is 0 Å². The van der Waals surface area contributed by atoms with Gasteiger partial charge in [-0.05, 0) is 71.1 Å². The molecule has 11 nitrogen and oxygen atoms in total. The molecule has 5 amide bonds. The van der Waals surface area contributed by atoms with Gasteiger partial charge in [-0.1, -0.05) is 69.6 Å². The quantitative estimate of drug-likeness (QED) is 0.165. The molecule has 0 spiro atoms. The van der Waals surface area contributed by atoms with E-state index in [0.29, 0.717) is 4.90 Å². The van der Waals surface area contributed by atoms with Gasteiger partial charge in [-0.25, -0.2) is 18.1 Å².